The number of nitrogens with zero attached hydrogens (tertiary/aromatic N) is 1. The standard InChI is InChI=1S/C18H25N.C2H6/c1-4-7-16(8-5-2)17-10-12-19-11-9-15(6-3)13-18(19)14-17;1-2/h4-8,10,18H,1,9,11-14H2,2-3H3;1-2H3/b8-5-,15-6-,16-7+;. The van der Waals surface area contributed by atoms with Crippen LogP contribution in [0.5, 0.6) is 0 Å². The van der Waals surface area contributed by atoms with Crippen molar-refractivity contribution in [3.05, 3.63) is 59.8 Å². The summed E-state index contributed by atoms with van der Waals surface area (Å²) < 4.78 is 0. The number of hydrogen-bond acceptors (Lipinski definition) is 1. The zero-order chi connectivity index (χ0) is 15.7. The summed E-state index contributed by atoms with van der Waals surface area (Å²) in [5, 5.41) is 0. The quantitative estimate of drug-likeness (QED) is 0.493. The Balaban J connectivity index is 0.00000106. The molecule has 1 fully saturated rings. The van der Waals surface area contributed by atoms with Crippen LogP contribution in [0.3, 0.4) is 0 Å². The van der Waals surface area contributed by atoms with Crippen LogP contribution in [-0.4, -0.2) is 24.0 Å². The maximum absolute atomic E-state index is 3.83. The van der Waals surface area contributed by atoms with Crippen molar-refractivity contribution in [3.8, 4) is 0 Å². The van der Waals surface area contributed by atoms with E-state index in [0.717, 1.165) is 6.54 Å². The molecule has 1 saturated heterocycles. The number of piperidine rings is 1. The number of allylic oxidation sites excluding steroid dienone is 6. The largest absolute Gasteiger partial charge is 0.296 e. The van der Waals surface area contributed by atoms with Gasteiger partial charge in [0.15, 0.2) is 0 Å². The Kier molecular flexibility index (Phi) is 8.07. The average Bonchev–Trinajstić information content (AvgIpc) is 2.55. The molecule has 1 atom stereocenters. The summed E-state index contributed by atoms with van der Waals surface area (Å²) in [7, 11) is 0. The third kappa shape index (κ3) is 4.86. The third-order valence-electron chi connectivity index (χ3n) is 4.18. The van der Waals surface area contributed by atoms with Crippen molar-refractivity contribution in [2.24, 2.45) is 0 Å². The monoisotopic (exact) mass is 285 g/mol. The van der Waals surface area contributed by atoms with E-state index in [1.807, 2.05) is 19.9 Å². The van der Waals surface area contributed by atoms with Crippen molar-refractivity contribution in [1.29, 1.82) is 0 Å². The van der Waals surface area contributed by atoms with Crippen LogP contribution in [0, 0.1) is 0 Å². The van der Waals surface area contributed by atoms with Gasteiger partial charge in [0.2, 0.25) is 0 Å². The molecule has 2 aliphatic heterocycles. The van der Waals surface area contributed by atoms with E-state index in [2.05, 4.69) is 55.7 Å². The van der Waals surface area contributed by atoms with Gasteiger partial charge in [0.05, 0.1) is 0 Å². The Hall–Kier alpha value is -1.34. The van der Waals surface area contributed by atoms with Gasteiger partial charge in [-0.05, 0) is 44.3 Å². The lowest BCUT2D eigenvalue weighted by Crippen LogP contribution is -2.42. The van der Waals surface area contributed by atoms with Gasteiger partial charge in [-0.2, -0.15) is 0 Å². The second kappa shape index (κ2) is 9.57. The third-order valence-corrected chi connectivity index (χ3v) is 4.18. The fraction of sp³-hybridized carbons (Fsp3) is 0.500. The van der Waals surface area contributed by atoms with E-state index in [-0.39, 0.29) is 0 Å². The smallest absolute Gasteiger partial charge is 0.0176 e. The van der Waals surface area contributed by atoms with Crippen LogP contribution in [0.15, 0.2) is 59.8 Å². The first-order chi connectivity index (χ1) is 10.3. The van der Waals surface area contributed by atoms with Crippen LogP contribution in [0.1, 0.15) is 47.0 Å². The molecule has 2 aliphatic rings. The molecule has 0 aromatic heterocycles. The van der Waals surface area contributed by atoms with Gasteiger partial charge in [0, 0.05) is 19.1 Å². The molecule has 21 heavy (non-hydrogen) atoms. The Morgan fingerprint density at radius 1 is 1.29 bits per heavy atom. The van der Waals surface area contributed by atoms with E-state index in [1.54, 1.807) is 5.57 Å². The highest BCUT2D eigenvalue weighted by Crippen LogP contribution is 2.32. The van der Waals surface area contributed by atoms with Gasteiger partial charge >= 0.3 is 0 Å². The molecule has 116 valence electrons. The van der Waals surface area contributed by atoms with Gasteiger partial charge < -0.3 is 0 Å². The fourth-order valence-electron chi connectivity index (χ4n) is 3.08. The van der Waals surface area contributed by atoms with Gasteiger partial charge in [-0.15, -0.1) is 0 Å². The van der Waals surface area contributed by atoms with E-state index < -0.39 is 0 Å². The van der Waals surface area contributed by atoms with Gasteiger partial charge in [-0.3, -0.25) is 4.90 Å². The van der Waals surface area contributed by atoms with E-state index in [0.29, 0.717) is 6.04 Å². The van der Waals surface area contributed by atoms with Gasteiger partial charge in [0.1, 0.15) is 0 Å². The summed E-state index contributed by atoms with van der Waals surface area (Å²) in [6, 6.07) is 0.693. The summed E-state index contributed by atoms with van der Waals surface area (Å²) in [6.45, 7) is 14.4. The van der Waals surface area contributed by atoms with E-state index in [9.17, 15) is 0 Å². The molecule has 1 nitrogen and oxygen atoms in total. The molecule has 1 unspecified atom stereocenters. The average molecular weight is 285 g/mol. The predicted molar refractivity (Wildman–Crippen MR) is 95.5 cm³/mol. The molecule has 0 bridgehead atoms. The van der Waals surface area contributed by atoms with E-state index >= 15 is 0 Å². The molecule has 0 aromatic carbocycles. The number of fused-ring (bicyclic) bond motifs is 1. The second-order valence-electron chi connectivity index (χ2n) is 5.34. The maximum Gasteiger partial charge on any atom is 0.0176 e. The lowest BCUT2D eigenvalue weighted by atomic mass is 9.86. The van der Waals surface area contributed by atoms with Crippen molar-refractivity contribution in [3.63, 3.8) is 0 Å². The molecular formula is C20H31N. The molecule has 1 heteroatoms. The SMILES string of the molecule is C=C/C=C(\C=C/C)C1=CCN2CC/C(=C/C)CC2C1.CC. The first-order valence-corrected chi connectivity index (χ1v) is 8.31. The lowest BCUT2D eigenvalue weighted by molar-refractivity contribution is 0.182. The van der Waals surface area contributed by atoms with Crippen molar-refractivity contribution >= 4 is 0 Å². The molecule has 0 N–H and O–H groups in total. The topological polar surface area (TPSA) is 3.24 Å². The summed E-state index contributed by atoms with van der Waals surface area (Å²) in [4.78, 5) is 2.62. The molecule has 0 spiro atoms. The van der Waals surface area contributed by atoms with E-state index in [4.69, 9.17) is 0 Å². The van der Waals surface area contributed by atoms with Gasteiger partial charge in [0.25, 0.3) is 0 Å². The first-order valence-electron chi connectivity index (χ1n) is 8.31. The minimum absolute atomic E-state index is 0.693. The Morgan fingerprint density at radius 2 is 2.05 bits per heavy atom. The first kappa shape index (κ1) is 17.7. The van der Waals surface area contributed by atoms with Crippen molar-refractivity contribution in [2.45, 2.75) is 53.0 Å². The van der Waals surface area contributed by atoms with Gasteiger partial charge in [-0.25, -0.2) is 0 Å². The highest BCUT2D eigenvalue weighted by atomic mass is 15.2. The minimum atomic E-state index is 0.693. The Bertz CT molecular complexity index is 448. The molecule has 2 rings (SSSR count). The summed E-state index contributed by atoms with van der Waals surface area (Å²) in [5.74, 6) is 0. The molecule has 0 aliphatic carbocycles. The summed E-state index contributed by atoms with van der Waals surface area (Å²) in [6.07, 6.45) is 16.7. The van der Waals surface area contributed by atoms with Crippen molar-refractivity contribution in [1.82, 2.24) is 4.90 Å². The molecule has 0 aromatic rings. The van der Waals surface area contributed by atoms with Crippen LogP contribution < -0.4 is 0 Å². The number of hydrogen-bond donors (Lipinski definition) is 0. The molecule has 2 heterocycles. The molecular weight excluding hydrogens is 254 g/mol. The Labute approximate surface area is 131 Å². The van der Waals surface area contributed by atoms with Crippen molar-refractivity contribution in [2.75, 3.05) is 13.1 Å². The van der Waals surface area contributed by atoms with Crippen LogP contribution in [0.4, 0.5) is 0 Å². The van der Waals surface area contributed by atoms with Crippen LogP contribution in [0.25, 0.3) is 0 Å². The predicted octanol–water partition coefficient (Wildman–Crippen LogP) is 5.44. The highest BCUT2D eigenvalue weighted by molar-refractivity contribution is 5.43. The summed E-state index contributed by atoms with van der Waals surface area (Å²) >= 11 is 0. The highest BCUT2D eigenvalue weighted by Gasteiger charge is 2.28. The zero-order valence-corrected chi connectivity index (χ0v) is 14.2. The number of rotatable bonds is 3. The van der Waals surface area contributed by atoms with Crippen LogP contribution in [0.2, 0.25) is 0 Å². The normalized spacial score (nSPS) is 25.1. The molecule has 0 amide bonds. The van der Waals surface area contributed by atoms with Gasteiger partial charge in [-0.1, -0.05) is 62.5 Å². The lowest BCUT2D eigenvalue weighted by Gasteiger charge is -2.40. The van der Waals surface area contributed by atoms with Crippen LogP contribution >= 0.6 is 0 Å². The summed E-state index contributed by atoms with van der Waals surface area (Å²) in [5.41, 5.74) is 4.43. The molecule has 0 saturated carbocycles. The Morgan fingerprint density at radius 3 is 2.67 bits per heavy atom. The second-order valence-corrected chi connectivity index (χ2v) is 5.34. The van der Waals surface area contributed by atoms with Crippen molar-refractivity contribution < 1.29 is 0 Å². The van der Waals surface area contributed by atoms with Crippen LogP contribution in [-0.2, 0) is 0 Å². The maximum atomic E-state index is 3.83. The van der Waals surface area contributed by atoms with E-state index in [1.165, 1.54) is 37.0 Å². The molecule has 0 radical (unpaired) electrons. The zero-order valence-electron chi connectivity index (χ0n) is 14.2. The minimum Gasteiger partial charge on any atom is -0.296 e. The fourth-order valence-corrected chi connectivity index (χ4v) is 3.08.